The first-order valence-corrected chi connectivity index (χ1v) is 10.2. The maximum Gasteiger partial charge on any atom is 0.136 e. The largest absolute Gasteiger partial charge is 0.396 e. The zero-order valence-electron chi connectivity index (χ0n) is 16.0. The van der Waals surface area contributed by atoms with Gasteiger partial charge in [0.2, 0.25) is 0 Å². The number of aliphatic hydroxyl groups is 1. The molecule has 0 amide bonds. The Balaban J connectivity index is 1.50. The smallest absolute Gasteiger partial charge is 0.136 e. The van der Waals surface area contributed by atoms with Gasteiger partial charge in [-0.1, -0.05) is 41.9 Å². The van der Waals surface area contributed by atoms with Crippen LogP contribution in [0.5, 0.6) is 0 Å². The number of aromatic nitrogens is 2. The molecule has 0 aliphatic carbocycles. The van der Waals surface area contributed by atoms with Gasteiger partial charge in [0.05, 0.1) is 11.6 Å². The van der Waals surface area contributed by atoms with Crippen LogP contribution in [-0.4, -0.2) is 39.3 Å². The van der Waals surface area contributed by atoms with Crippen LogP contribution in [0, 0.1) is 5.41 Å². The van der Waals surface area contributed by atoms with Crippen molar-refractivity contribution in [3.05, 3.63) is 83.3 Å². The van der Waals surface area contributed by atoms with Crippen molar-refractivity contribution in [1.82, 2.24) is 14.5 Å². The molecule has 0 saturated carbocycles. The molecule has 1 atom stereocenters. The van der Waals surface area contributed by atoms with E-state index < -0.39 is 0 Å². The van der Waals surface area contributed by atoms with Gasteiger partial charge in [0.25, 0.3) is 0 Å². The maximum atomic E-state index is 10.3. The number of aliphatic hydroxyl groups excluding tert-OH is 1. The fraction of sp³-hybridized carbons (Fsp3) is 0.348. The number of rotatable bonds is 6. The molecule has 0 unspecified atom stereocenters. The van der Waals surface area contributed by atoms with Gasteiger partial charge in [0.1, 0.15) is 5.82 Å². The maximum absolute atomic E-state index is 10.3. The van der Waals surface area contributed by atoms with Crippen molar-refractivity contribution in [1.29, 1.82) is 0 Å². The Kier molecular flexibility index (Phi) is 5.81. The number of likely N-dealkylation sites (tertiary alicyclic amines) is 1. The van der Waals surface area contributed by atoms with Crippen LogP contribution >= 0.6 is 11.6 Å². The first-order chi connectivity index (χ1) is 13.7. The highest BCUT2D eigenvalue weighted by Gasteiger charge is 2.35. The highest BCUT2D eigenvalue weighted by Crippen LogP contribution is 2.34. The monoisotopic (exact) mass is 395 g/mol. The van der Waals surface area contributed by atoms with E-state index in [9.17, 15) is 5.11 Å². The summed E-state index contributed by atoms with van der Waals surface area (Å²) in [5.41, 5.74) is 2.42. The van der Waals surface area contributed by atoms with E-state index in [0.717, 1.165) is 44.7 Å². The molecule has 0 spiro atoms. The van der Waals surface area contributed by atoms with Gasteiger partial charge in [-0.2, -0.15) is 0 Å². The summed E-state index contributed by atoms with van der Waals surface area (Å²) < 4.78 is 2.11. The van der Waals surface area contributed by atoms with Crippen molar-refractivity contribution in [3.8, 4) is 5.82 Å². The van der Waals surface area contributed by atoms with Crippen molar-refractivity contribution >= 4 is 11.6 Å². The van der Waals surface area contributed by atoms with Crippen molar-refractivity contribution in [3.63, 3.8) is 0 Å². The summed E-state index contributed by atoms with van der Waals surface area (Å²) in [6, 6.07) is 18.5. The zero-order valence-corrected chi connectivity index (χ0v) is 16.7. The molecule has 1 N–H and O–H groups in total. The van der Waals surface area contributed by atoms with Crippen molar-refractivity contribution in [2.75, 3.05) is 19.7 Å². The summed E-state index contributed by atoms with van der Waals surface area (Å²) in [4.78, 5) is 6.91. The Morgan fingerprint density at radius 3 is 2.68 bits per heavy atom. The molecule has 0 bridgehead atoms. The van der Waals surface area contributed by atoms with Crippen LogP contribution in [0.15, 0.2) is 67.0 Å². The quantitative estimate of drug-likeness (QED) is 0.674. The Labute approximate surface area is 171 Å². The molecule has 1 aromatic carbocycles. The zero-order chi connectivity index (χ0) is 19.4. The molecule has 1 fully saturated rings. The molecular formula is C23H26ClN3O. The number of piperidine rings is 1. The van der Waals surface area contributed by atoms with Crippen molar-refractivity contribution in [2.45, 2.75) is 25.8 Å². The summed E-state index contributed by atoms with van der Waals surface area (Å²) in [6.45, 7) is 3.01. The molecule has 4 rings (SSSR count). The lowest BCUT2D eigenvalue weighted by atomic mass is 9.75. The SMILES string of the molecule is OC[C@]1(Cc2ccccc2)CCCN(Cc2cccn2-c2ccc(Cl)cn2)C1. The van der Waals surface area contributed by atoms with E-state index in [1.165, 1.54) is 11.3 Å². The lowest BCUT2D eigenvalue weighted by Gasteiger charge is -2.42. The van der Waals surface area contributed by atoms with E-state index in [-0.39, 0.29) is 12.0 Å². The van der Waals surface area contributed by atoms with E-state index in [1.54, 1.807) is 6.20 Å². The predicted molar refractivity (Wildman–Crippen MR) is 113 cm³/mol. The van der Waals surface area contributed by atoms with E-state index in [4.69, 9.17) is 11.6 Å². The number of nitrogens with zero attached hydrogens (tertiary/aromatic N) is 3. The standard InChI is InChI=1S/C23H26ClN3O/c24-20-9-10-22(25-15-20)27-13-4-8-21(27)16-26-12-5-11-23(17-26,18-28)14-19-6-2-1-3-7-19/h1-4,6-10,13,15,28H,5,11-12,14,16-18H2/t23-/m0/s1. The van der Waals surface area contributed by atoms with Crippen LogP contribution in [0.2, 0.25) is 5.02 Å². The molecule has 4 nitrogen and oxygen atoms in total. The van der Waals surface area contributed by atoms with Gasteiger partial charge in [-0.3, -0.25) is 4.90 Å². The molecule has 0 radical (unpaired) electrons. The molecule has 28 heavy (non-hydrogen) atoms. The minimum atomic E-state index is -0.0739. The molecular weight excluding hydrogens is 370 g/mol. The number of halogens is 1. The van der Waals surface area contributed by atoms with E-state index in [2.05, 4.69) is 50.8 Å². The van der Waals surface area contributed by atoms with Crippen LogP contribution in [0.1, 0.15) is 24.1 Å². The van der Waals surface area contributed by atoms with Crippen LogP contribution < -0.4 is 0 Å². The minimum Gasteiger partial charge on any atom is -0.396 e. The summed E-state index contributed by atoms with van der Waals surface area (Å²) in [7, 11) is 0. The normalized spacial score (nSPS) is 20.4. The van der Waals surface area contributed by atoms with Gasteiger partial charge in [0.15, 0.2) is 0 Å². The third-order valence-corrected chi connectivity index (χ3v) is 5.90. The highest BCUT2D eigenvalue weighted by molar-refractivity contribution is 6.30. The summed E-state index contributed by atoms with van der Waals surface area (Å²) in [5, 5.41) is 10.9. The fourth-order valence-electron chi connectivity index (χ4n) is 4.31. The molecule has 3 aromatic rings. The van der Waals surface area contributed by atoms with E-state index in [1.807, 2.05) is 24.4 Å². The van der Waals surface area contributed by atoms with Gasteiger partial charge in [0, 0.05) is 36.6 Å². The van der Waals surface area contributed by atoms with Crippen molar-refractivity contribution < 1.29 is 5.11 Å². The fourth-order valence-corrected chi connectivity index (χ4v) is 4.42. The van der Waals surface area contributed by atoms with Gasteiger partial charge in [-0.25, -0.2) is 4.98 Å². The molecule has 146 valence electrons. The van der Waals surface area contributed by atoms with Gasteiger partial charge in [-0.05, 0) is 55.6 Å². The van der Waals surface area contributed by atoms with E-state index in [0.29, 0.717) is 5.02 Å². The Bertz CT molecular complexity index is 894. The number of hydrogen-bond donors (Lipinski definition) is 1. The van der Waals surface area contributed by atoms with Crippen LogP contribution in [0.4, 0.5) is 0 Å². The predicted octanol–water partition coefficient (Wildman–Crippen LogP) is 4.34. The second kappa shape index (κ2) is 8.48. The average Bonchev–Trinajstić information content (AvgIpc) is 3.17. The van der Waals surface area contributed by atoms with Gasteiger partial charge < -0.3 is 9.67 Å². The minimum absolute atomic E-state index is 0.0739. The lowest BCUT2D eigenvalue weighted by Crippen LogP contribution is -2.46. The van der Waals surface area contributed by atoms with Crippen LogP contribution in [0.25, 0.3) is 5.82 Å². The Morgan fingerprint density at radius 2 is 1.93 bits per heavy atom. The Morgan fingerprint density at radius 1 is 1.07 bits per heavy atom. The first kappa shape index (κ1) is 19.2. The van der Waals surface area contributed by atoms with Gasteiger partial charge in [-0.15, -0.1) is 0 Å². The first-order valence-electron chi connectivity index (χ1n) is 9.83. The Hall–Kier alpha value is -2.14. The average molecular weight is 396 g/mol. The molecule has 1 saturated heterocycles. The number of hydrogen-bond acceptors (Lipinski definition) is 3. The van der Waals surface area contributed by atoms with Gasteiger partial charge >= 0.3 is 0 Å². The summed E-state index contributed by atoms with van der Waals surface area (Å²) in [5.74, 6) is 0.874. The third kappa shape index (κ3) is 4.30. The van der Waals surface area contributed by atoms with Crippen LogP contribution in [0.3, 0.4) is 0 Å². The van der Waals surface area contributed by atoms with Crippen LogP contribution in [-0.2, 0) is 13.0 Å². The summed E-state index contributed by atoms with van der Waals surface area (Å²) in [6.07, 6.45) is 6.81. The molecule has 2 aromatic heterocycles. The molecule has 5 heteroatoms. The number of benzene rings is 1. The number of pyridine rings is 1. The van der Waals surface area contributed by atoms with E-state index >= 15 is 0 Å². The lowest BCUT2D eigenvalue weighted by molar-refractivity contribution is 0.0281. The highest BCUT2D eigenvalue weighted by atomic mass is 35.5. The second-order valence-corrected chi connectivity index (χ2v) is 8.28. The third-order valence-electron chi connectivity index (χ3n) is 5.68. The topological polar surface area (TPSA) is 41.3 Å². The molecule has 3 heterocycles. The van der Waals surface area contributed by atoms with Crippen molar-refractivity contribution in [2.24, 2.45) is 5.41 Å². The molecule has 1 aliphatic rings. The second-order valence-electron chi connectivity index (χ2n) is 7.84. The molecule has 1 aliphatic heterocycles. The summed E-state index contributed by atoms with van der Waals surface area (Å²) >= 11 is 5.98.